The topological polar surface area (TPSA) is 52.6 Å². The van der Waals surface area contributed by atoms with Gasteiger partial charge in [0, 0.05) is 12.6 Å². The second-order valence-electron chi connectivity index (χ2n) is 5.18. The summed E-state index contributed by atoms with van der Waals surface area (Å²) in [5.74, 6) is -0.269. The molecular formula is C15H21FN2O2. The van der Waals surface area contributed by atoms with Crippen LogP contribution < -0.4 is 5.32 Å². The third-order valence-corrected chi connectivity index (χ3v) is 3.71. The van der Waals surface area contributed by atoms with Crippen molar-refractivity contribution in [1.29, 1.82) is 0 Å². The van der Waals surface area contributed by atoms with E-state index in [9.17, 15) is 14.3 Å². The van der Waals surface area contributed by atoms with Gasteiger partial charge in [-0.25, -0.2) is 4.39 Å². The molecule has 1 aromatic carbocycles. The number of carbonyl (C=O) groups is 1. The molecule has 4 nitrogen and oxygen atoms in total. The zero-order chi connectivity index (χ0) is 14.4. The van der Waals surface area contributed by atoms with Gasteiger partial charge in [-0.15, -0.1) is 0 Å². The van der Waals surface area contributed by atoms with E-state index in [0.29, 0.717) is 19.5 Å². The van der Waals surface area contributed by atoms with Gasteiger partial charge in [-0.3, -0.25) is 9.69 Å². The summed E-state index contributed by atoms with van der Waals surface area (Å²) in [7, 11) is 0. The number of halogens is 1. The molecule has 2 rings (SSSR count). The Hall–Kier alpha value is -1.46. The first-order valence-electron chi connectivity index (χ1n) is 7.05. The Kier molecular flexibility index (Phi) is 5.49. The summed E-state index contributed by atoms with van der Waals surface area (Å²) in [6.45, 7) is 1.87. The maximum absolute atomic E-state index is 12.7. The van der Waals surface area contributed by atoms with Crippen LogP contribution in [0.25, 0.3) is 0 Å². The number of nitrogens with zero attached hydrogens (tertiary/aromatic N) is 1. The van der Waals surface area contributed by atoms with Crippen molar-refractivity contribution in [2.24, 2.45) is 0 Å². The minimum atomic E-state index is -0.248. The second-order valence-corrected chi connectivity index (χ2v) is 5.18. The molecule has 1 saturated heterocycles. The molecule has 1 unspecified atom stereocenters. The van der Waals surface area contributed by atoms with E-state index >= 15 is 0 Å². The molecule has 0 aliphatic carbocycles. The highest BCUT2D eigenvalue weighted by molar-refractivity contribution is 5.78. The fourth-order valence-corrected chi connectivity index (χ4v) is 2.55. The molecule has 0 bridgehead atoms. The van der Waals surface area contributed by atoms with Crippen molar-refractivity contribution in [3.05, 3.63) is 35.6 Å². The number of carbonyl (C=O) groups excluding carboxylic acids is 1. The fourth-order valence-electron chi connectivity index (χ4n) is 2.55. The lowest BCUT2D eigenvalue weighted by Gasteiger charge is -2.21. The third-order valence-electron chi connectivity index (χ3n) is 3.71. The highest BCUT2D eigenvalue weighted by Crippen LogP contribution is 2.15. The lowest BCUT2D eigenvalue weighted by atomic mass is 10.1. The molecule has 0 aromatic heterocycles. The van der Waals surface area contributed by atoms with Gasteiger partial charge in [0.25, 0.3) is 0 Å². The van der Waals surface area contributed by atoms with Gasteiger partial charge in [0.15, 0.2) is 0 Å². The molecule has 0 saturated carbocycles. The monoisotopic (exact) mass is 280 g/mol. The predicted octanol–water partition coefficient (Wildman–Crippen LogP) is 0.941. The molecule has 2 N–H and O–H groups in total. The number of nitrogens with one attached hydrogen (secondary N) is 1. The molecule has 1 heterocycles. The lowest BCUT2D eigenvalue weighted by Crippen LogP contribution is -2.41. The van der Waals surface area contributed by atoms with Crippen LogP contribution in [0.4, 0.5) is 4.39 Å². The van der Waals surface area contributed by atoms with Gasteiger partial charge < -0.3 is 10.4 Å². The van der Waals surface area contributed by atoms with Crippen molar-refractivity contribution in [3.8, 4) is 0 Å². The zero-order valence-electron chi connectivity index (χ0n) is 11.5. The number of benzene rings is 1. The molecule has 1 fully saturated rings. The Bertz CT molecular complexity index is 436. The Morgan fingerprint density at radius 3 is 2.85 bits per heavy atom. The lowest BCUT2D eigenvalue weighted by molar-refractivity contribution is -0.122. The molecule has 20 heavy (non-hydrogen) atoms. The molecule has 110 valence electrons. The van der Waals surface area contributed by atoms with Crippen LogP contribution in [0.2, 0.25) is 0 Å². The maximum Gasteiger partial charge on any atom is 0.234 e. The van der Waals surface area contributed by atoms with Crippen LogP contribution in [0.15, 0.2) is 24.3 Å². The molecule has 1 aliphatic rings. The Morgan fingerprint density at radius 1 is 1.40 bits per heavy atom. The fraction of sp³-hybridized carbons (Fsp3) is 0.533. The number of aliphatic hydroxyl groups excluding tert-OH is 1. The van der Waals surface area contributed by atoms with Gasteiger partial charge in [-0.05, 0) is 43.5 Å². The Labute approximate surface area is 118 Å². The largest absolute Gasteiger partial charge is 0.395 e. The van der Waals surface area contributed by atoms with E-state index in [0.717, 1.165) is 24.9 Å². The van der Waals surface area contributed by atoms with E-state index in [4.69, 9.17) is 0 Å². The Morgan fingerprint density at radius 2 is 2.15 bits per heavy atom. The van der Waals surface area contributed by atoms with Crippen LogP contribution in [0.1, 0.15) is 18.4 Å². The number of hydrogen-bond donors (Lipinski definition) is 2. The number of amides is 1. The number of hydrogen-bond acceptors (Lipinski definition) is 3. The number of aliphatic hydroxyl groups is 1. The summed E-state index contributed by atoms with van der Waals surface area (Å²) in [5, 5.41) is 12.1. The second kappa shape index (κ2) is 7.36. The molecular weight excluding hydrogens is 259 g/mol. The van der Waals surface area contributed by atoms with Crippen molar-refractivity contribution in [2.45, 2.75) is 25.3 Å². The minimum absolute atomic E-state index is 0.0209. The van der Waals surface area contributed by atoms with E-state index in [2.05, 4.69) is 5.32 Å². The molecule has 1 amide bonds. The van der Waals surface area contributed by atoms with Crippen molar-refractivity contribution in [1.82, 2.24) is 10.2 Å². The standard InChI is InChI=1S/C15H21FN2O2/c16-13-5-3-12(4-6-13)7-8-17-15(20)10-18-9-1-2-14(18)11-19/h3-6,14,19H,1-2,7-11H2,(H,17,20). The van der Waals surface area contributed by atoms with Crippen LogP contribution in [-0.4, -0.2) is 48.2 Å². The Balaban J connectivity index is 1.68. The van der Waals surface area contributed by atoms with Crippen molar-refractivity contribution in [3.63, 3.8) is 0 Å². The smallest absolute Gasteiger partial charge is 0.234 e. The third kappa shape index (κ3) is 4.28. The average Bonchev–Trinajstić information content (AvgIpc) is 2.88. The van der Waals surface area contributed by atoms with E-state index in [-0.39, 0.29) is 24.4 Å². The SMILES string of the molecule is O=C(CN1CCCC1CO)NCCc1ccc(F)cc1. The first-order valence-corrected chi connectivity index (χ1v) is 7.05. The highest BCUT2D eigenvalue weighted by atomic mass is 19.1. The van der Waals surface area contributed by atoms with Crippen molar-refractivity contribution in [2.75, 3.05) is 26.2 Å². The van der Waals surface area contributed by atoms with Crippen LogP contribution >= 0.6 is 0 Å². The minimum Gasteiger partial charge on any atom is -0.395 e. The van der Waals surface area contributed by atoms with Crippen LogP contribution in [0.5, 0.6) is 0 Å². The predicted molar refractivity (Wildman–Crippen MR) is 74.8 cm³/mol. The average molecular weight is 280 g/mol. The van der Waals surface area contributed by atoms with Gasteiger partial charge in [0.05, 0.1) is 13.2 Å². The highest BCUT2D eigenvalue weighted by Gasteiger charge is 2.25. The van der Waals surface area contributed by atoms with Gasteiger partial charge in [-0.1, -0.05) is 12.1 Å². The first kappa shape index (κ1) is 14.9. The zero-order valence-corrected chi connectivity index (χ0v) is 11.5. The molecule has 0 spiro atoms. The van der Waals surface area contributed by atoms with Crippen LogP contribution in [-0.2, 0) is 11.2 Å². The molecule has 1 aliphatic heterocycles. The summed E-state index contributed by atoms with van der Waals surface area (Å²) in [4.78, 5) is 13.8. The number of likely N-dealkylation sites (tertiary alicyclic amines) is 1. The summed E-state index contributed by atoms with van der Waals surface area (Å²) in [6, 6.07) is 6.42. The number of rotatable bonds is 6. The molecule has 1 aromatic rings. The normalized spacial score (nSPS) is 19.2. The summed E-state index contributed by atoms with van der Waals surface area (Å²) in [5.41, 5.74) is 1.00. The van der Waals surface area contributed by atoms with Crippen molar-refractivity contribution < 1.29 is 14.3 Å². The molecule has 5 heteroatoms. The van der Waals surface area contributed by atoms with E-state index < -0.39 is 0 Å². The quantitative estimate of drug-likeness (QED) is 0.815. The van der Waals surface area contributed by atoms with E-state index in [1.165, 1.54) is 12.1 Å². The van der Waals surface area contributed by atoms with Gasteiger partial charge in [-0.2, -0.15) is 0 Å². The molecule has 0 radical (unpaired) electrons. The maximum atomic E-state index is 12.7. The summed E-state index contributed by atoms with van der Waals surface area (Å²) < 4.78 is 12.7. The van der Waals surface area contributed by atoms with Crippen LogP contribution in [0, 0.1) is 5.82 Å². The summed E-state index contributed by atoms with van der Waals surface area (Å²) in [6.07, 6.45) is 2.68. The van der Waals surface area contributed by atoms with Gasteiger partial charge in [0.2, 0.25) is 5.91 Å². The summed E-state index contributed by atoms with van der Waals surface area (Å²) >= 11 is 0. The van der Waals surface area contributed by atoms with Gasteiger partial charge >= 0.3 is 0 Å². The molecule has 1 atom stereocenters. The van der Waals surface area contributed by atoms with E-state index in [1.807, 2.05) is 4.90 Å². The first-order chi connectivity index (χ1) is 9.69. The van der Waals surface area contributed by atoms with Gasteiger partial charge in [0.1, 0.15) is 5.82 Å². The van der Waals surface area contributed by atoms with E-state index in [1.54, 1.807) is 12.1 Å². The van der Waals surface area contributed by atoms with Crippen LogP contribution in [0.3, 0.4) is 0 Å². The van der Waals surface area contributed by atoms with Crippen molar-refractivity contribution >= 4 is 5.91 Å².